The Labute approximate surface area is 164 Å². The molecule has 1 fully saturated rings. The molecule has 4 nitrogen and oxygen atoms in total. The summed E-state index contributed by atoms with van der Waals surface area (Å²) in [5, 5.41) is 0. The Kier molecular flexibility index (Phi) is 5.27. The predicted octanol–water partition coefficient (Wildman–Crippen LogP) is 4.10. The van der Waals surface area contributed by atoms with E-state index in [0.717, 1.165) is 26.6 Å². The second-order valence-electron chi connectivity index (χ2n) is 8.40. The molecule has 3 aromatic rings. The number of rotatable bonds is 6. The van der Waals surface area contributed by atoms with Crippen LogP contribution in [0.5, 0.6) is 0 Å². The van der Waals surface area contributed by atoms with Crippen molar-refractivity contribution in [2.45, 2.75) is 56.2 Å². The van der Waals surface area contributed by atoms with E-state index in [2.05, 4.69) is 37.8 Å². The molecule has 27 heavy (non-hydrogen) atoms. The van der Waals surface area contributed by atoms with Crippen LogP contribution < -0.4 is 13.8 Å². The molecule has 1 saturated carbocycles. The predicted molar refractivity (Wildman–Crippen MR) is 111 cm³/mol. The minimum absolute atomic E-state index is 0.228. The Morgan fingerprint density at radius 1 is 0.815 bits per heavy atom. The molecule has 0 spiro atoms. The van der Waals surface area contributed by atoms with Crippen molar-refractivity contribution in [1.82, 2.24) is 0 Å². The zero-order chi connectivity index (χ0) is 18.9. The molecule has 6 heteroatoms. The first-order chi connectivity index (χ1) is 13.0. The third-order valence-corrected chi connectivity index (χ3v) is 16.9. The summed E-state index contributed by atoms with van der Waals surface area (Å²) < 4.78 is 28.5. The molecule has 0 aromatic carbocycles. The second-order valence-corrected chi connectivity index (χ2v) is 20.9. The van der Waals surface area contributed by atoms with Crippen molar-refractivity contribution in [2.24, 2.45) is 0 Å². The summed E-state index contributed by atoms with van der Waals surface area (Å²) in [4.78, 5) is 0. The quantitative estimate of drug-likeness (QED) is 0.537. The van der Waals surface area contributed by atoms with Crippen LogP contribution in [0, 0.1) is 0 Å². The van der Waals surface area contributed by atoms with Crippen molar-refractivity contribution in [3.63, 3.8) is 0 Å². The molecule has 1 aliphatic carbocycles. The molecule has 0 N–H and O–H groups in total. The molecule has 2 atom stereocenters. The number of hydrogen-bond acceptors (Lipinski definition) is 4. The molecule has 0 aliphatic heterocycles. The summed E-state index contributed by atoms with van der Waals surface area (Å²) in [6.07, 6.45) is 10.2. The SMILES string of the molecule is C[Si](C)(C)OC1CCCC[CH]1[Ge]([c]1ccco1)([c]1ccco1)[c]1ccco1. The van der Waals surface area contributed by atoms with Gasteiger partial charge in [0.25, 0.3) is 0 Å². The van der Waals surface area contributed by atoms with E-state index in [4.69, 9.17) is 17.7 Å². The van der Waals surface area contributed by atoms with Gasteiger partial charge in [0.05, 0.1) is 0 Å². The van der Waals surface area contributed by atoms with Crippen LogP contribution in [0.1, 0.15) is 25.7 Å². The maximum absolute atomic E-state index is 6.75. The first-order valence-electron chi connectivity index (χ1n) is 9.81. The standard InChI is InChI=1S/C21H28GeO4Si/c1-27(2,3)26-18-10-5-4-9-17(18)22(19-11-6-14-23-19,20-12-7-15-24-20)21-13-8-16-25-21/h6-8,11-18H,4-5,9-10H2,1-3H3. The van der Waals surface area contributed by atoms with Gasteiger partial charge in [-0.05, 0) is 0 Å². The van der Waals surface area contributed by atoms with Gasteiger partial charge in [-0.15, -0.1) is 0 Å². The van der Waals surface area contributed by atoms with Crippen LogP contribution in [0.3, 0.4) is 0 Å². The average molecular weight is 445 g/mol. The van der Waals surface area contributed by atoms with Crippen LogP contribution in [-0.4, -0.2) is 27.7 Å². The Bertz CT molecular complexity index is 734. The molecule has 3 heterocycles. The van der Waals surface area contributed by atoms with E-state index < -0.39 is 21.6 Å². The zero-order valence-corrected chi connectivity index (χ0v) is 19.4. The van der Waals surface area contributed by atoms with Gasteiger partial charge >= 0.3 is 164 Å². The van der Waals surface area contributed by atoms with Crippen molar-refractivity contribution in [3.8, 4) is 0 Å². The Morgan fingerprint density at radius 2 is 1.30 bits per heavy atom. The fourth-order valence-corrected chi connectivity index (χ4v) is 16.8. The van der Waals surface area contributed by atoms with Crippen LogP contribution >= 0.6 is 0 Å². The van der Waals surface area contributed by atoms with Gasteiger partial charge in [-0.2, -0.15) is 0 Å². The molecule has 1 aliphatic rings. The first-order valence-corrected chi connectivity index (χ1v) is 17.6. The van der Waals surface area contributed by atoms with Gasteiger partial charge in [0.1, 0.15) is 0 Å². The normalized spacial score (nSPS) is 21.4. The fraction of sp³-hybridized carbons (Fsp3) is 0.429. The Hall–Kier alpha value is -1.44. The molecule has 3 aromatic heterocycles. The molecular weight excluding hydrogens is 417 g/mol. The van der Waals surface area contributed by atoms with Gasteiger partial charge in [-0.1, -0.05) is 0 Å². The maximum atomic E-state index is 6.75. The summed E-state index contributed by atoms with van der Waals surface area (Å²) in [7, 11) is -1.68. The van der Waals surface area contributed by atoms with Gasteiger partial charge in [0.15, 0.2) is 0 Å². The van der Waals surface area contributed by atoms with Crippen molar-refractivity contribution >= 4 is 35.4 Å². The fourth-order valence-electron chi connectivity index (χ4n) is 4.61. The zero-order valence-electron chi connectivity index (χ0n) is 16.3. The van der Waals surface area contributed by atoms with Crippen LogP contribution in [0.15, 0.2) is 68.4 Å². The summed E-state index contributed by atoms with van der Waals surface area (Å²) in [6.45, 7) is 6.83. The van der Waals surface area contributed by atoms with Crippen LogP contribution in [0.25, 0.3) is 0 Å². The van der Waals surface area contributed by atoms with Gasteiger partial charge in [-0.3, -0.25) is 0 Å². The van der Waals surface area contributed by atoms with Crippen molar-refractivity contribution in [2.75, 3.05) is 0 Å². The third-order valence-electron chi connectivity index (χ3n) is 5.49. The van der Waals surface area contributed by atoms with Gasteiger partial charge in [-0.25, -0.2) is 0 Å². The molecule has 0 amide bonds. The van der Waals surface area contributed by atoms with Crippen LogP contribution in [0.4, 0.5) is 0 Å². The number of hydrogen-bond donors (Lipinski definition) is 0. The van der Waals surface area contributed by atoms with E-state index in [1.165, 1.54) is 12.8 Å². The van der Waals surface area contributed by atoms with E-state index in [1.54, 1.807) is 18.8 Å². The monoisotopic (exact) mass is 446 g/mol. The van der Waals surface area contributed by atoms with Crippen LogP contribution in [-0.2, 0) is 4.43 Å². The third kappa shape index (κ3) is 3.52. The van der Waals surface area contributed by atoms with Gasteiger partial charge in [0, 0.05) is 0 Å². The van der Waals surface area contributed by atoms with Crippen molar-refractivity contribution in [3.05, 3.63) is 55.2 Å². The summed E-state index contributed by atoms with van der Waals surface area (Å²) in [6, 6.07) is 12.3. The molecular formula is C21H28GeO4Si. The van der Waals surface area contributed by atoms with E-state index in [9.17, 15) is 0 Å². The molecule has 0 bridgehead atoms. The summed E-state index contributed by atoms with van der Waals surface area (Å²) in [5.74, 6) is 0. The van der Waals surface area contributed by atoms with Crippen molar-refractivity contribution < 1.29 is 17.7 Å². The minimum atomic E-state index is -3.33. The van der Waals surface area contributed by atoms with E-state index >= 15 is 0 Å². The van der Waals surface area contributed by atoms with Gasteiger partial charge in [0.2, 0.25) is 0 Å². The topological polar surface area (TPSA) is 48.7 Å². The van der Waals surface area contributed by atoms with Crippen LogP contribution in [0.2, 0.25) is 24.4 Å². The number of furan rings is 3. The average Bonchev–Trinajstić information content (AvgIpc) is 3.41. The van der Waals surface area contributed by atoms with E-state index in [-0.39, 0.29) is 6.10 Å². The molecule has 2 unspecified atom stereocenters. The molecule has 0 saturated heterocycles. The van der Waals surface area contributed by atoms with E-state index in [1.807, 2.05) is 18.2 Å². The molecule has 4 rings (SSSR count). The Balaban J connectivity index is 1.92. The van der Waals surface area contributed by atoms with Crippen molar-refractivity contribution in [1.29, 1.82) is 0 Å². The van der Waals surface area contributed by atoms with Gasteiger partial charge < -0.3 is 0 Å². The second kappa shape index (κ2) is 7.53. The Morgan fingerprint density at radius 3 is 1.70 bits per heavy atom. The molecule has 144 valence electrons. The summed E-state index contributed by atoms with van der Waals surface area (Å²) >= 11 is -3.33. The first kappa shape index (κ1) is 18.9. The molecule has 0 radical (unpaired) electrons. The van der Waals surface area contributed by atoms with E-state index in [0.29, 0.717) is 4.75 Å². The summed E-state index contributed by atoms with van der Waals surface area (Å²) in [5.41, 5.74) is 0.